The van der Waals surface area contributed by atoms with E-state index in [0.29, 0.717) is 0 Å². The maximum atomic E-state index is 8.67. The molecule has 0 aliphatic heterocycles. The minimum absolute atomic E-state index is 0.0764. The molecule has 0 bridgehead atoms. The summed E-state index contributed by atoms with van der Waals surface area (Å²) in [5.41, 5.74) is 0. The Morgan fingerprint density at radius 1 is 0.464 bits per heavy atom. The van der Waals surface area contributed by atoms with Gasteiger partial charge in [-0.15, -0.1) is 0 Å². The van der Waals surface area contributed by atoms with E-state index in [2.05, 4.69) is 110 Å². The molecule has 166 valence electrons. The lowest BCUT2D eigenvalue weighted by Gasteiger charge is -2.20. The molecule has 0 unspecified atom stereocenters. The van der Waals surface area contributed by atoms with E-state index in [0.717, 1.165) is 0 Å². The molecule has 0 aromatic heterocycles. The number of aromatic hydroxyl groups is 2. The molecule has 0 fully saturated rings. The second kappa shape index (κ2) is 15.2. The van der Waals surface area contributed by atoms with Crippen molar-refractivity contribution in [3.05, 3.63) is 24.3 Å². The van der Waals surface area contributed by atoms with Gasteiger partial charge in [0.1, 0.15) is 0 Å². The van der Waals surface area contributed by atoms with Gasteiger partial charge < -0.3 is 10.2 Å². The molecular weight excluding hydrogens is 396 g/mol. The Balaban J connectivity index is 0. The van der Waals surface area contributed by atoms with E-state index in [9.17, 15) is 0 Å². The largest absolute Gasteiger partial charge is 0.504 e. The smallest absolute Gasteiger partial charge is 0.266 e. The van der Waals surface area contributed by atoms with Crippen LogP contribution in [0.5, 0.6) is 11.5 Å². The maximum Gasteiger partial charge on any atom is 0.266 e. The molecule has 1 aromatic carbocycles. The summed E-state index contributed by atoms with van der Waals surface area (Å²) in [4.78, 5) is 0. The van der Waals surface area contributed by atoms with Crippen molar-refractivity contribution < 1.29 is 10.2 Å². The summed E-state index contributed by atoms with van der Waals surface area (Å²) in [7, 11) is 25.0. The third-order valence-electron chi connectivity index (χ3n) is 2.84. The number of para-hydroxylation sites is 2. The lowest BCUT2D eigenvalue weighted by atomic mass is 10.3. The van der Waals surface area contributed by atoms with E-state index in [1.54, 1.807) is 12.1 Å². The number of benzene rings is 1. The molecule has 0 heterocycles. The first-order valence-corrected chi connectivity index (χ1v) is 10.9. The Labute approximate surface area is 179 Å². The third kappa shape index (κ3) is 12.7. The Kier molecular flexibility index (Phi) is 16.0. The molecular formula is C18H42N6O2S2+2. The van der Waals surface area contributed by atoms with E-state index in [1.807, 2.05) is 0 Å². The van der Waals surface area contributed by atoms with Crippen molar-refractivity contribution in [1.82, 2.24) is 25.8 Å². The lowest BCUT2D eigenvalue weighted by molar-refractivity contribution is 0.404. The lowest BCUT2D eigenvalue weighted by Crippen LogP contribution is -2.44. The highest BCUT2D eigenvalue weighted by Gasteiger charge is 2.30. The van der Waals surface area contributed by atoms with Crippen LogP contribution in [0.4, 0.5) is 0 Å². The van der Waals surface area contributed by atoms with E-state index < -0.39 is 0 Å². The van der Waals surface area contributed by atoms with Crippen LogP contribution >= 0.6 is 0 Å². The van der Waals surface area contributed by atoms with Crippen LogP contribution in [-0.4, -0.2) is 121 Å². The van der Waals surface area contributed by atoms with Gasteiger partial charge in [0, 0.05) is 84.6 Å². The van der Waals surface area contributed by atoms with Crippen LogP contribution in [0.2, 0.25) is 0 Å². The average Bonchev–Trinajstić information content (AvgIpc) is 2.48. The van der Waals surface area contributed by atoms with Crippen molar-refractivity contribution in [2.24, 2.45) is 0 Å². The minimum Gasteiger partial charge on any atom is -0.504 e. The molecule has 1 rings (SSSR count). The van der Waals surface area contributed by atoms with Crippen LogP contribution in [0.1, 0.15) is 0 Å². The molecule has 0 saturated carbocycles. The van der Waals surface area contributed by atoms with Gasteiger partial charge in [-0.05, 0) is 12.1 Å². The Morgan fingerprint density at radius 3 is 0.714 bits per heavy atom. The zero-order chi connectivity index (χ0) is 22.6. The number of hydrogen-bond donors (Lipinski definition) is 2. The molecule has 0 atom stereocenters. The molecule has 0 amide bonds. The van der Waals surface area contributed by atoms with Gasteiger partial charge in [0.15, 0.2) is 11.5 Å². The molecule has 10 heteroatoms. The Bertz CT molecular complexity index is 434. The third-order valence-corrected chi connectivity index (χ3v) is 6.76. The second-order valence-electron chi connectivity index (χ2n) is 6.85. The van der Waals surface area contributed by atoms with Crippen molar-refractivity contribution in [1.29, 1.82) is 0 Å². The molecule has 1 aromatic rings. The summed E-state index contributed by atoms with van der Waals surface area (Å²) < 4.78 is 13.2. The number of nitrogens with zero attached hydrogens (tertiary/aromatic N) is 6. The SMILES string of the molecule is CN(C)[S+](N(C)C)N(C)C.CN(C)[S+](N(C)C)N(C)C.Oc1ccccc1O. The average molecular weight is 439 g/mol. The fourth-order valence-corrected chi connectivity index (χ4v) is 6.34. The zero-order valence-corrected chi connectivity index (χ0v) is 21.3. The van der Waals surface area contributed by atoms with Crippen LogP contribution in [0.15, 0.2) is 24.3 Å². The van der Waals surface area contributed by atoms with Gasteiger partial charge >= 0.3 is 0 Å². The van der Waals surface area contributed by atoms with Crippen molar-refractivity contribution in [3.63, 3.8) is 0 Å². The quantitative estimate of drug-likeness (QED) is 0.507. The molecule has 0 spiro atoms. The van der Waals surface area contributed by atoms with Gasteiger partial charge in [-0.1, -0.05) is 38.0 Å². The van der Waals surface area contributed by atoms with Gasteiger partial charge in [-0.2, -0.15) is 0 Å². The molecule has 0 radical (unpaired) electrons. The normalized spacial score (nSPS) is 11.6. The van der Waals surface area contributed by atoms with Crippen molar-refractivity contribution in [3.8, 4) is 11.5 Å². The van der Waals surface area contributed by atoms with Gasteiger partial charge in [0.2, 0.25) is 0 Å². The second-order valence-corrected chi connectivity index (χ2v) is 12.2. The Morgan fingerprint density at radius 2 is 0.643 bits per heavy atom. The predicted molar refractivity (Wildman–Crippen MR) is 127 cm³/mol. The highest BCUT2D eigenvalue weighted by atomic mass is 32.2. The van der Waals surface area contributed by atoms with Crippen LogP contribution in [0.3, 0.4) is 0 Å². The van der Waals surface area contributed by atoms with E-state index in [1.165, 1.54) is 12.1 Å². The molecule has 28 heavy (non-hydrogen) atoms. The summed E-state index contributed by atoms with van der Waals surface area (Å²) in [5, 5.41) is 17.3. The van der Waals surface area contributed by atoms with E-state index in [-0.39, 0.29) is 34.4 Å². The topological polar surface area (TPSA) is 59.9 Å². The summed E-state index contributed by atoms with van der Waals surface area (Å²) in [6.45, 7) is 0. The molecule has 0 saturated heterocycles. The van der Waals surface area contributed by atoms with Gasteiger partial charge in [0.25, 0.3) is 22.9 Å². The first-order valence-electron chi connectivity index (χ1n) is 8.74. The summed E-state index contributed by atoms with van der Waals surface area (Å²) >= 11 is 0.241. The standard InChI is InChI=1S/2C6H18N3S.C6H6O2/c2*1-7(2)10(8(3)4)9(5)6;7-5-3-1-2-4-6(5)8/h2*1-6H3;1-4,7-8H/q2*+1;. The van der Waals surface area contributed by atoms with Crippen molar-refractivity contribution in [2.75, 3.05) is 84.6 Å². The summed E-state index contributed by atoms with van der Waals surface area (Å²) in [6.07, 6.45) is 0. The van der Waals surface area contributed by atoms with Crippen molar-refractivity contribution in [2.45, 2.75) is 0 Å². The van der Waals surface area contributed by atoms with Crippen LogP contribution < -0.4 is 0 Å². The van der Waals surface area contributed by atoms with E-state index >= 15 is 0 Å². The van der Waals surface area contributed by atoms with E-state index in [4.69, 9.17) is 10.2 Å². The molecule has 0 aliphatic carbocycles. The maximum absolute atomic E-state index is 8.67. The number of rotatable bonds is 6. The minimum atomic E-state index is -0.0764. The number of phenols is 2. The highest BCUT2D eigenvalue weighted by Crippen LogP contribution is 2.21. The number of phenolic OH excluding ortho intramolecular Hbond substituents is 2. The highest BCUT2D eigenvalue weighted by molar-refractivity contribution is 7.90. The fraction of sp³-hybridized carbons (Fsp3) is 0.667. The van der Waals surface area contributed by atoms with Crippen LogP contribution in [-0.2, 0) is 22.9 Å². The monoisotopic (exact) mass is 438 g/mol. The van der Waals surface area contributed by atoms with Gasteiger partial charge in [0.05, 0.1) is 0 Å². The molecule has 0 aliphatic rings. The first-order chi connectivity index (χ1) is 12.7. The van der Waals surface area contributed by atoms with Gasteiger partial charge in [-0.3, -0.25) is 0 Å². The molecule has 2 N–H and O–H groups in total. The number of hydrogen-bond acceptors (Lipinski definition) is 8. The zero-order valence-electron chi connectivity index (χ0n) is 19.7. The van der Waals surface area contributed by atoms with Gasteiger partial charge in [-0.25, -0.2) is 0 Å². The fourth-order valence-electron chi connectivity index (χ4n) is 2.42. The molecule has 8 nitrogen and oxygen atoms in total. The summed E-state index contributed by atoms with van der Waals surface area (Å²) in [6, 6.07) is 6.15. The van der Waals surface area contributed by atoms with Crippen molar-refractivity contribution >= 4 is 22.9 Å². The predicted octanol–water partition coefficient (Wildman–Crippen LogP) is 1.17. The Hall–Kier alpha value is -0.720. The van der Waals surface area contributed by atoms with Crippen LogP contribution in [0.25, 0.3) is 0 Å². The first kappa shape index (κ1) is 29.5. The van der Waals surface area contributed by atoms with Crippen LogP contribution in [0, 0.1) is 0 Å². The summed E-state index contributed by atoms with van der Waals surface area (Å²) in [5.74, 6) is -0.153.